The number of rotatable bonds is 3. The van der Waals surface area contributed by atoms with E-state index in [0.29, 0.717) is 11.1 Å². The van der Waals surface area contributed by atoms with Crippen LogP contribution in [0.25, 0.3) is 0 Å². The fourth-order valence-corrected chi connectivity index (χ4v) is 2.41. The first-order valence-corrected chi connectivity index (χ1v) is 7.28. The predicted molar refractivity (Wildman–Crippen MR) is 83.0 cm³/mol. The molecule has 1 aliphatic carbocycles. The van der Waals surface area contributed by atoms with Crippen LogP contribution < -0.4 is 4.90 Å². The Kier molecular flexibility index (Phi) is 3.38. The third kappa shape index (κ3) is 2.50. The van der Waals surface area contributed by atoms with E-state index in [2.05, 4.69) is 41.1 Å². The molecular weight excluding hydrogens is 270 g/mol. The first-order valence-electron chi connectivity index (χ1n) is 6.90. The monoisotopic (exact) mass is 287 g/mol. The van der Waals surface area contributed by atoms with Gasteiger partial charge in [0.05, 0.1) is 0 Å². The molecule has 0 aliphatic heterocycles. The van der Waals surface area contributed by atoms with Gasteiger partial charge in [-0.3, -0.25) is 0 Å². The molecule has 2 aromatic rings. The molecule has 1 saturated carbocycles. The van der Waals surface area contributed by atoms with Gasteiger partial charge in [-0.05, 0) is 38.8 Å². The van der Waals surface area contributed by atoms with E-state index in [0.717, 1.165) is 22.9 Å². The van der Waals surface area contributed by atoms with Crippen LogP contribution in [0.4, 0.5) is 11.5 Å². The molecule has 20 heavy (non-hydrogen) atoms. The molecule has 1 aromatic heterocycles. The van der Waals surface area contributed by atoms with Crippen molar-refractivity contribution in [2.75, 3.05) is 11.9 Å². The lowest BCUT2D eigenvalue weighted by Gasteiger charge is -2.21. The van der Waals surface area contributed by atoms with E-state index in [1.54, 1.807) is 0 Å². The largest absolute Gasteiger partial charge is 0.329 e. The van der Waals surface area contributed by atoms with Gasteiger partial charge < -0.3 is 4.90 Å². The van der Waals surface area contributed by atoms with Gasteiger partial charge in [-0.2, -0.15) is 0 Å². The molecular formula is C16H18ClN3. The molecule has 1 aromatic carbocycles. The van der Waals surface area contributed by atoms with Gasteiger partial charge in [0.25, 0.3) is 0 Å². The molecule has 1 aliphatic rings. The Hall–Kier alpha value is -1.61. The van der Waals surface area contributed by atoms with Crippen LogP contribution in [0.5, 0.6) is 0 Å². The Morgan fingerprint density at radius 3 is 2.35 bits per heavy atom. The van der Waals surface area contributed by atoms with Crippen LogP contribution in [0.1, 0.15) is 35.7 Å². The normalized spacial score (nSPS) is 14.4. The van der Waals surface area contributed by atoms with Gasteiger partial charge in [0.15, 0.2) is 0 Å². The SMILES string of the molecule is Cc1ccc(N(C)c2nc(C3CC3)nc(Cl)c2C)cc1. The smallest absolute Gasteiger partial charge is 0.140 e. The molecule has 0 unspecified atom stereocenters. The molecule has 0 bridgehead atoms. The van der Waals surface area contributed by atoms with Crippen LogP contribution >= 0.6 is 11.6 Å². The van der Waals surface area contributed by atoms with Gasteiger partial charge in [0.2, 0.25) is 0 Å². The lowest BCUT2D eigenvalue weighted by Crippen LogP contribution is -2.14. The van der Waals surface area contributed by atoms with E-state index in [1.807, 2.05) is 14.0 Å². The Morgan fingerprint density at radius 2 is 1.75 bits per heavy atom. The standard InChI is InChI=1S/C16H18ClN3/c1-10-4-8-13(9-5-10)20(3)16-11(2)14(17)18-15(19-16)12-6-7-12/h4-5,8-9,12H,6-7H2,1-3H3. The maximum atomic E-state index is 6.27. The fourth-order valence-electron chi connectivity index (χ4n) is 2.24. The molecule has 0 radical (unpaired) electrons. The first kappa shape index (κ1) is 13.4. The lowest BCUT2D eigenvalue weighted by molar-refractivity contribution is 0.904. The van der Waals surface area contributed by atoms with Crippen molar-refractivity contribution >= 4 is 23.1 Å². The van der Waals surface area contributed by atoms with Crippen molar-refractivity contribution in [3.05, 3.63) is 46.4 Å². The highest BCUT2D eigenvalue weighted by Crippen LogP contribution is 2.40. The van der Waals surface area contributed by atoms with E-state index >= 15 is 0 Å². The molecule has 0 spiro atoms. The maximum Gasteiger partial charge on any atom is 0.140 e. The highest BCUT2D eigenvalue weighted by Gasteiger charge is 2.28. The molecule has 0 amide bonds. The molecule has 104 valence electrons. The van der Waals surface area contributed by atoms with Gasteiger partial charge in [-0.15, -0.1) is 0 Å². The van der Waals surface area contributed by atoms with Crippen LogP contribution in [-0.4, -0.2) is 17.0 Å². The number of aromatic nitrogens is 2. The third-order valence-electron chi connectivity index (χ3n) is 3.76. The number of nitrogens with zero attached hydrogens (tertiary/aromatic N) is 3. The third-order valence-corrected chi connectivity index (χ3v) is 4.13. The summed E-state index contributed by atoms with van der Waals surface area (Å²) >= 11 is 6.27. The first-order chi connectivity index (χ1) is 9.56. The second-order valence-electron chi connectivity index (χ2n) is 5.49. The Bertz CT molecular complexity index is 633. The number of hydrogen-bond donors (Lipinski definition) is 0. The number of hydrogen-bond acceptors (Lipinski definition) is 3. The van der Waals surface area contributed by atoms with Gasteiger partial charge in [0.1, 0.15) is 16.8 Å². The summed E-state index contributed by atoms with van der Waals surface area (Å²) < 4.78 is 0. The van der Waals surface area contributed by atoms with E-state index in [4.69, 9.17) is 16.6 Å². The lowest BCUT2D eigenvalue weighted by atomic mass is 10.2. The zero-order valence-corrected chi connectivity index (χ0v) is 12.8. The average Bonchev–Trinajstić information content (AvgIpc) is 3.26. The minimum absolute atomic E-state index is 0.498. The average molecular weight is 288 g/mol. The van der Waals surface area contributed by atoms with Crippen LogP contribution in [0, 0.1) is 13.8 Å². The summed E-state index contributed by atoms with van der Waals surface area (Å²) in [6.07, 6.45) is 2.35. The molecule has 3 nitrogen and oxygen atoms in total. The summed E-state index contributed by atoms with van der Waals surface area (Å²) in [5.74, 6) is 2.28. The molecule has 0 N–H and O–H groups in total. The van der Waals surface area contributed by atoms with Gasteiger partial charge in [-0.1, -0.05) is 29.3 Å². The fraction of sp³-hybridized carbons (Fsp3) is 0.375. The number of aryl methyl sites for hydroxylation is 1. The summed E-state index contributed by atoms with van der Waals surface area (Å²) in [6, 6.07) is 8.40. The van der Waals surface area contributed by atoms with Gasteiger partial charge >= 0.3 is 0 Å². The summed E-state index contributed by atoms with van der Waals surface area (Å²) in [5, 5.41) is 0.566. The van der Waals surface area contributed by atoms with Gasteiger partial charge in [0, 0.05) is 24.2 Å². The zero-order chi connectivity index (χ0) is 14.3. The minimum atomic E-state index is 0.498. The van der Waals surface area contributed by atoms with Crippen molar-refractivity contribution in [1.29, 1.82) is 0 Å². The van der Waals surface area contributed by atoms with Crippen molar-refractivity contribution in [3.8, 4) is 0 Å². The molecule has 1 fully saturated rings. The van der Waals surface area contributed by atoms with Crippen molar-refractivity contribution in [2.45, 2.75) is 32.6 Å². The van der Waals surface area contributed by atoms with Crippen molar-refractivity contribution in [1.82, 2.24) is 9.97 Å². The molecule has 3 rings (SSSR count). The van der Waals surface area contributed by atoms with E-state index in [1.165, 1.54) is 18.4 Å². The van der Waals surface area contributed by atoms with E-state index in [-0.39, 0.29) is 0 Å². The van der Waals surface area contributed by atoms with Crippen LogP contribution in [0.3, 0.4) is 0 Å². The highest BCUT2D eigenvalue weighted by molar-refractivity contribution is 6.30. The molecule has 1 heterocycles. The van der Waals surface area contributed by atoms with Gasteiger partial charge in [-0.25, -0.2) is 9.97 Å². The van der Waals surface area contributed by atoms with Crippen molar-refractivity contribution in [2.24, 2.45) is 0 Å². The van der Waals surface area contributed by atoms with Crippen LogP contribution in [-0.2, 0) is 0 Å². The Morgan fingerprint density at radius 1 is 1.10 bits per heavy atom. The zero-order valence-electron chi connectivity index (χ0n) is 12.0. The van der Waals surface area contributed by atoms with E-state index < -0.39 is 0 Å². The van der Waals surface area contributed by atoms with Crippen molar-refractivity contribution in [3.63, 3.8) is 0 Å². The maximum absolute atomic E-state index is 6.27. The Labute approximate surface area is 124 Å². The summed E-state index contributed by atoms with van der Waals surface area (Å²) in [6.45, 7) is 4.06. The summed E-state index contributed by atoms with van der Waals surface area (Å²) in [5.41, 5.74) is 3.28. The highest BCUT2D eigenvalue weighted by atomic mass is 35.5. The predicted octanol–water partition coefficient (Wildman–Crippen LogP) is 4.39. The second kappa shape index (κ2) is 5.06. The van der Waals surface area contributed by atoms with Crippen molar-refractivity contribution < 1.29 is 0 Å². The minimum Gasteiger partial charge on any atom is -0.329 e. The topological polar surface area (TPSA) is 29.0 Å². The summed E-state index contributed by atoms with van der Waals surface area (Å²) in [7, 11) is 2.02. The quantitative estimate of drug-likeness (QED) is 0.784. The van der Waals surface area contributed by atoms with E-state index in [9.17, 15) is 0 Å². The Balaban J connectivity index is 2.01. The van der Waals surface area contributed by atoms with Crippen LogP contribution in [0.2, 0.25) is 5.15 Å². The van der Waals surface area contributed by atoms with Crippen LogP contribution in [0.15, 0.2) is 24.3 Å². The number of benzene rings is 1. The number of halogens is 1. The molecule has 0 atom stereocenters. The molecule has 4 heteroatoms. The summed E-state index contributed by atoms with van der Waals surface area (Å²) in [4.78, 5) is 11.2. The number of anilines is 2. The molecule has 0 saturated heterocycles. The second-order valence-corrected chi connectivity index (χ2v) is 5.85.